The Kier molecular flexibility index (Phi) is 7.22. The Morgan fingerprint density at radius 2 is 1.91 bits per heavy atom. The van der Waals surface area contributed by atoms with E-state index in [1.165, 1.54) is 0 Å². The molecule has 8 nitrogen and oxygen atoms in total. The van der Waals surface area contributed by atoms with Gasteiger partial charge in [-0.25, -0.2) is 14.8 Å². The van der Waals surface area contributed by atoms with Gasteiger partial charge < -0.3 is 20.4 Å². The molecule has 1 aromatic heterocycles. The summed E-state index contributed by atoms with van der Waals surface area (Å²) in [6, 6.07) is 12.0. The second-order valence-electron chi connectivity index (χ2n) is 6.80. The lowest BCUT2D eigenvalue weighted by Crippen LogP contribution is -2.36. The summed E-state index contributed by atoms with van der Waals surface area (Å²) >= 11 is 1.54. The monoisotopic (exact) mass is 465 g/mol. The molecule has 0 radical (unpaired) electrons. The zero-order valence-electron chi connectivity index (χ0n) is 16.5. The molecule has 1 aromatic carbocycles. The van der Waals surface area contributed by atoms with E-state index in [4.69, 9.17) is 9.90 Å². The molecule has 0 atom stereocenters. The number of aromatic nitrogens is 2. The number of aliphatic carboxylic acids is 1. The largest absolute Gasteiger partial charge is 0.490 e. The van der Waals surface area contributed by atoms with Crippen LogP contribution in [0.1, 0.15) is 18.5 Å². The fourth-order valence-electron chi connectivity index (χ4n) is 2.96. The molecule has 1 saturated heterocycles. The minimum absolute atomic E-state index is 0.242. The van der Waals surface area contributed by atoms with Gasteiger partial charge in [0.2, 0.25) is 5.95 Å². The molecule has 0 saturated carbocycles. The first-order valence-corrected chi connectivity index (χ1v) is 10.3. The number of nitrogens with zero attached hydrogens (tertiary/aromatic N) is 4. The Morgan fingerprint density at radius 1 is 1.25 bits per heavy atom. The van der Waals surface area contributed by atoms with Crippen molar-refractivity contribution in [3.05, 3.63) is 47.3 Å². The summed E-state index contributed by atoms with van der Waals surface area (Å²) in [6.45, 7) is 1.45. The molecule has 168 valence electrons. The number of nitrogens with one attached hydrogen (secondary N) is 1. The number of fused-ring (bicyclic) bond motifs is 1. The second kappa shape index (κ2) is 9.88. The third-order valence-corrected chi connectivity index (χ3v) is 5.66. The van der Waals surface area contributed by atoms with Gasteiger partial charge in [0.25, 0.3) is 0 Å². The predicted molar refractivity (Wildman–Crippen MR) is 112 cm³/mol. The summed E-state index contributed by atoms with van der Waals surface area (Å²) < 4.78 is 31.7. The first kappa shape index (κ1) is 23.4. The number of nitriles is 1. The molecule has 0 spiro atoms. The minimum Gasteiger partial charge on any atom is -0.475 e. The molecule has 2 aliphatic heterocycles. The van der Waals surface area contributed by atoms with E-state index in [-0.39, 0.29) is 6.10 Å². The average molecular weight is 465 g/mol. The van der Waals surface area contributed by atoms with E-state index in [0.717, 1.165) is 28.7 Å². The number of para-hydroxylation sites is 1. The molecule has 12 heteroatoms. The summed E-state index contributed by atoms with van der Waals surface area (Å²) in [6.07, 6.45) is -2.21. The Labute approximate surface area is 185 Å². The third kappa shape index (κ3) is 5.68. The summed E-state index contributed by atoms with van der Waals surface area (Å²) in [4.78, 5) is 21.0. The van der Waals surface area contributed by atoms with E-state index >= 15 is 0 Å². The normalized spacial score (nSPS) is 17.4. The number of halogens is 3. The van der Waals surface area contributed by atoms with Crippen molar-refractivity contribution >= 4 is 34.9 Å². The number of piperidine rings is 1. The van der Waals surface area contributed by atoms with Crippen LogP contribution >= 0.6 is 11.8 Å². The SMILES string of the molecule is N#C/C(=C1/Nc2ccccc2S1)c1ccnc(N2CCC(O)CC2)n1.O=C(O)C(F)(F)F. The predicted octanol–water partition coefficient (Wildman–Crippen LogP) is 3.48. The van der Waals surface area contributed by atoms with Gasteiger partial charge in [-0.15, -0.1) is 0 Å². The number of anilines is 2. The Hall–Kier alpha value is -3.30. The summed E-state index contributed by atoms with van der Waals surface area (Å²) in [5.74, 6) is -2.15. The van der Waals surface area contributed by atoms with Crippen molar-refractivity contribution in [1.82, 2.24) is 9.97 Å². The Balaban J connectivity index is 0.000000360. The number of allylic oxidation sites excluding steroid dienone is 1. The topological polar surface area (TPSA) is 122 Å². The van der Waals surface area contributed by atoms with Crippen LogP contribution in [-0.4, -0.2) is 51.5 Å². The van der Waals surface area contributed by atoms with Crippen molar-refractivity contribution in [3.8, 4) is 6.07 Å². The molecule has 4 rings (SSSR count). The van der Waals surface area contributed by atoms with Gasteiger partial charge in [-0.1, -0.05) is 23.9 Å². The van der Waals surface area contributed by atoms with Crippen LogP contribution in [0.25, 0.3) is 5.57 Å². The van der Waals surface area contributed by atoms with Crippen LogP contribution in [0.15, 0.2) is 46.5 Å². The summed E-state index contributed by atoms with van der Waals surface area (Å²) in [5.41, 5.74) is 2.14. The number of aliphatic hydroxyl groups is 1. The molecule has 0 bridgehead atoms. The van der Waals surface area contributed by atoms with E-state index < -0.39 is 12.1 Å². The fourth-order valence-corrected chi connectivity index (χ4v) is 3.97. The molecule has 3 N–H and O–H groups in total. The molecule has 32 heavy (non-hydrogen) atoms. The maximum atomic E-state index is 10.6. The Morgan fingerprint density at radius 3 is 2.50 bits per heavy atom. The van der Waals surface area contributed by atoms with Crippen molar-refractivity contribution < 1.29 is 28.2 Å². The number of alkyl halides is 3. The number of rotatable bonds is 2. The number of carboxylic acid groups (broad SMARTS) is 1. The van der Waals surface area contributed by atoms with E-state index in [2.05, 4.69) is 26.3 Å². The van der Waals surface area contributed by atoms with Crippen molar-refractivity contribution in [2.75, 3.05) is 23.3 Å². The highest BCUT2D eigenvalue weighted by molar-refractivity contribution is 8.04. The van der Waals surface area contributed by atoms with Gasteiger partial charge in [0.05, 0.1) is 22.5 Å². The van der Waals surface area contributed by atoms with Gasteiger partial charge in [0, 0.05) is 24.2 Å². The standard InChI is InChI=1S/C18H17N5OS.C2HF3O2/c19-11-13(17-21-15-3-1-2-4-16(15)25-17)14-5-8-20-18(22-14)23-9-6-12(24)7-10-23;3-2(4,5)1(6)7/h1-5,8,12,21,24H,6-7,9-10H2;(H,6,7)/b17-13+;. The lowest BCUT2D eigenvalue weighted by Gasteiger charge is -2.29. The van der Waals surface area contributed by atoms with Gasteiger partial charge in [-0.3, -0.25) is 0 Å². The Bertz CT molecular complexity index is 1040. The number of carbonyl (C=O) groups is 1. The molecule has 1 fully saturated rings. The van der Waals surface area contributed by atoms with E-state index in [1.54, 1.807) is 24.0 Å². The number of hydrogen-bond acceptors (Lipinski definition) is 8. The quantitative estimate of drug-likeness (QED) is 0.572. The number of hydrogen-bond donors (Lipinski definition) is 3. The van der Waals surface area contributed by atoms with Crippen LogP contribution in [0.2, 0.25) is 0 Å². The molecule has 0 aliphatic carbocycles. The van der Waals surface area contributed by atoms with Crippen LogP contribution in [0.5, 0.6) is 0 Å². The summed E-state index contributed by atoms with van der Waals surface area (Å²) in [5, 5.41) is 30.6. The van der Waals surface area contributed by atoms with Crippen LogP contribution in [0.4, 0.5) is 24.8 Å². The number of benzene rings is 1. The maximum Gasteiger partial charge on any atom is 0.490 e. The lowest BCUT2D eigenvalue weighted by molar-refractivity contribution is -0.192. The van der Waals surface area contributed by atoms with E-state index in [9.17, 15) is 23.5 Å². The molecular formula is C20H18F3N5O3S. The molecule has 0 unspecified atom stereocenters. The molecule has 3 heterocycles. The molecule has 0 amide bonds. The van der Waals surface area contributed by atoms with Crippen LogP contribution < -0.4 is 10.2 Å². The highest BCUT2D eigenvalue weighted by Gasteiger charge is 2.38. The van der Waals surface area contributed by atoms with Crippen molar-refractivity contribution in [3.63, 3.8) is 0 Å². The van der Waals surface area contributed by atoms with E-state index in [1.807, 2.05) is 24.3 Å². The highest BCUT2D eigenvalue weighted by Crippen LogP contribution is 2.43. The zero-order chi connectivity index (χ0) is 23.3. The van der Waals surface area contributed by atoms with Crippen LogP contribution in [0, 0.1) is 11.3 Å². The number of aliphatic hydroxyl groups excluding tert-OH is 1. The first-order valence-electron chi connectivity index (χ1n) is 9.44. The summed E-state index contributed by atoms with van der Waals surface area (Å²) in [7, 11) is 0. The fraction of sp³-hybridized carbons (Fsp3) is 0.300. The molecule has 2 aromatic rings. The molecular weight excluding hydrogens is 447 g/mol. The van der Waals surface area contributed by atoms with Crippen LogP contribution in [0.3, 0.4) is 0 Å². The van der Waals surface area contributed by atoms with Gasteiger partial charge in [-0.2, -0.15) is 18.4 Å². The number of carboxylic acids is 1. The first-order chi connectivity index (χ1) is 15.2. The highest BCUT2D eigenvalue weighted by atomic mass is 32.2. The van der Waals surface area contributed by atoms with Gasteiger partial charge in [0.1, 0.15) is 11.6 Å². The van der Waals surface area contributed by atoms with Crippen molar-refractivity contribution in [1.29, 1.82) is 5.26 Å². The third-order valence-electron chi connectivity index (χ3n) is 4.57. The lowest BCUT2D eigenvalue weighted by atomic mass is 10.1. The van der Waals surface area contributed by atoms with Gasteiger partial charge in [0.15, 0.2) is 0 Å². The van der Waals surface area contributed by atoms with Crippen LogP contribution in [-0.2, 0) is 4.79 Å². The van der Waals surface area contributed by atoms with Gasteiger partial charge >= 0.3 is 12.1 Å². The minimum atomic E-state index is -5.08. The molecule has 2 aliphatic rings. The second-order valence-corrected chi connectivity index (χ2v) is 7.85. The maximum absolute atomic E-state index is 10.6. The van der Waals surface area contributed by atoms with E-state index in [0.29, 0.717) is 30.1 Å². The van der Waals surface area contributed by atoms with Crippen molar-refractivity contribution in [2.24, 2.45) is 0 Å². The van der Waals surface area contributed by atoms with Crippen molar-refractivity contribution in [2.45, 2.75) is 30.0 Å². The average Bonchev–Trinajstić information content (AvgIpc) is 3.18. The zero-order valence-corrected chi connectivity index (χ0v) is 17.3. The van der Waals surface area contributed by atoms with Gasteiger partial charge in [-0.05, 0) is 31.0 Å². The smallest absolute Gasteiger partial charge is 0.475 e. The number of thioether (sulfide) groups is 1.